The van der Waals surface area contributed by atoms with Crippen molar-refractivity contribution in [1.82, 2.24) is 4.98 Å². The van der Waals surface area contributed by atoms with Crippen molar-refractivity contribution >= 4 is 16.5 Å². The molecule has 1 aromatic heterocycles. The minimum absolute atomic E-state index is 0.117. The molecule has 98 valence electrons. The first-order valence-corrected chi connectivity index (χ1v) is 6.51. The van der Waals surface area contributed by atoms with E-state index in [-0.39, 0.29) is 5.57 Å². The van der Waals surface area contributed by atoms with Gasteiger partial charge >= 0.3 is 0 Å². The predicted octanol–water partition coefficient (Wildman–Crippen LogP) is 4.02. The molecule has 3 aromatic rings. The van der Waals surface area contributed by atoms with Gasteiger partial charge in [-0.15, -0.1) is 0 Å². The molecular formula is C18H11N3. The summed E-state index contributed by atoms with van der Waals surface area (Å²) in [5, 5.41) is 19.6. The average molecular weight is 269 g/mol. The van der Waals surface area contributed by atoms with E-state index in [1.807, 2.05) is 72.9 Å². The molecule has 0 fully saturated rings. The Balaban J connectivity index is 2.35. The van der Waals surface area contributed by atoms with E-state index < -0.39 is 0 Å². The maximum atomic E-state index is 9.29. The highest BCUT2D eigenvalue weighted by Gasteiger charge is 2.15. The molecule has 1 N–H and O–H groups in total. The molecule has 1 heterocycles. The molecule has 0 atom stereocenters. The van der Waals surface area contributed by atoms with Crippen LogP contribution in [0.5, 0.6) is 0 Å². The molecular weight excluding hydrogens is 258 g/mol. The Kier molecular flexibility index (Phi) is 3.25. The van der Waals surface area contributed by atoms with E-state index in [0.29, 0.717) is 5.57 Å². The van der Waals surface area contributed by atoms with E-state index in [9.17, 15) is 10.5 Å². The first-order valence-electron chi connectivity index (χ1n) is 6.51. The van der Waals surface area contributed by atoms with Gasteiger partial charge < -0.3 is 4.98 Å². The second kappa shape index (κ2) is 5.36. The quantitative estimate of drug-likeness (QED) is 0.714. The molecule has 0 saturated heterocycles. The number of aromatic amines is 1. The number of fused-ring (bicyclic) bond motifs is 1. The highest BCUT2D eigenvalue weighted by molar-refractivity contribution is 5.99. The summed E-state index contributed by atoms with van der Waals surface area (Å²) in [4.78, 5) is 3.19. The van der Waals surface area contributed by atoms with Gasteiger partial charge in [0.05, 0.1) is 0 Å². The van der Waals surface area contributed by atoms with Crippen molar-refractivity contribution in [1.29, 1.82) is 10.5 Å². The number of nitrogens with zero attached hydrogens (tertiary/aromatic N) is 2. The minimum atomic E-state index is 0.117. The second-order valence-electron chi connectivity index (χ2n) is 4.59. The van der Waals surface area contributed by atoms with Crippen LogP contribution >= 0.6 is 0 Å². The Morgan fingerprint density at radius 3 is 2.24 bits per heavy atom. The number of H-pyrrole nitrogens is 1. The Morgan fingerprint density at radius 2 is 1.52 bits per heavy atom. The van der Waals surface area contributed by atoms with Gasteiger partial charge in [-0.3, -0.25) is 0 Å². The largest absolute Gasteiger partial charge is 0.361 e. The molecule has 0 saturated carbocycles. The van der Waals surface area contributed by atoms with E-state index in [1.54, 1.807) is 0 Å². The van der Waals surface area contributed by atoms with Gasteiger partial charge in [0.2, 0.25) is 0 Å². The van der Waals surface area contributed by atoms with Gasteiger partial charge in [-0.25, -0.2) is 0 Å². The van der Waals surface area contributed by atoms with Gasteiger partial charge in [-0.1, -0.05) is 48.5 Å². The highest BCUT2D eigenvalue weighted by Crippen LogP contribution is 2.32. The van der Waals surface area contributed by atoms with Crippen LogP contribution in [0.3, 0.4) is 0 Å². The van der Waals surface area contributed by atoms with E-state index in [0.717, 1.165) is 22.0 Å². The Morgan fingerprint density at radius 1 is 0.857 bits per heavy atom. The van der Waals surface area contributed by atoms with Crippen LogP contribution in [0, 0.1) is 22.7 Å². The molecule has 0 bridgehead atoms. The first kappa shape index (κ1) is 12.7. The molecule has 0 unspecified atom stereocenters. The van der Waals surface area contributed by atoms with E-state index in [2.05, 4.69) is 4.98 Å². The van der Waals surface area contributed by atoms with Crippen molar-refractivity contribution in [3.05, 3.63) is 77.5 Å². The van der Waals surface area contributed by atoms with Crippen LogP contribution < -0.4 is 0 Å². The predicted molar refractivity (Wildman–Crippen MR) is 82.0 cm³/mol. The van der Waals surface area contributed by atoms with Crippen LogP contribution in [0.4, 0.5) is 0 Å². The molecule has 0 aliphatic carbocycles. The lowest BCUT2D eigenvalue weighted by Crippen LogP contribution is -1.91. The topological polar surface area (TPSA) is 63.4 Å². The average Bonchev–Trinajstić information content (AvgIpc) is 2.97. The first-order chi connectivity index (χ1) is 10.3. The van der Waals surface area contributed by atoms with Crippen molar-refractivity contribution in [3.8, 4) is 12.1 Å². The van der Waals surface area contributed by atoms with Crippen LogP contribution in [0.2, 0.25) is 0 Å². The Hall–Kier alpha value is -3.30. The maximum absolute atomic E-state index is 9.29. The number of benzene rings is 2. The van der Waals surface area contributed by atoms with Crippen molar-refractivity contribution < 1.29 is 0 Å². The molecule has 0 radical (unpaired) electrons. The number of para-hydroxylation sites is 1. The number of hydrogen-bond donors (Lipinski definition) is 1. The lowest BCUT2D eigenvalue weighted by molar-refractivity contribution is 1.43. The van der Waals surface area contributed by atoms with Gasteiger partial charge in [0, 0.05) is 28.2 Å². The lowest BCUT2D eigenvalue weighted by Gasteiger charge is -2.07. The molecule has 2 aromatic carbocycles. The molecule has 3 nitrogen and oxygen atoms in total. The molecule has 3 heteroatoms. The van der Waals surface area contributed by atoms with Crippen molar-refractivity contribution in [2.45, 2.75) is 0 Å². The van der Waals surface area contributed by atoms with Gasteiger partial charge in [-0.2, -0.15) is 10.5 Å². The zero-order valence-corrected chi connectivity index (χ0v) is 11.2. The highest BCUT2D eigenvalue weighted by atomic mass is 14.7. The fraction of sp³-hybridized carbons (Fsp3) is 0. The summed E-state index contributed by atoms with van der Waals surface area (Å²) in [6.07, 6.45) is 1.85. The number of allylic oxidation sites excluding steroid dienone is 1. The van der Waals surface area contributed by atoms with E-state index in [4.69, 9.17) is 0 Å². The maximum Gasteiger partial charge on any atom is 0.138 e. The summed E-state index contributed by atoms with van der Waals surface area (Å²) in [6.45, 7) is 0. The molecule has 0 aliphatic rings. The molecule has 0 aliphatic heterocycles. The minimum Gasteiger partial charge on any atom is -0.361 e. The number of rotatable bonds is 2. The molecule has 21 heavy (non-hydrogen) atoms. The standard InChI is InChI=1S/C18H11N3/c19-10-14(11-20)18(13-6-2-1-3-7-13)16-12-21-17-9-5-4-8-15(16)17/h1-9,12,21H. The smallest absolute Gasteiger partial charge is 0.138 e. The number of nitriles is 2. The van der Waals surface area contributed by atoms with E-state index in [1.165, 1.54) is 0 Å². The fourth-order valence-corrected chi connectivity index (χ4v) is 2.45. The van der Waals surface area contributed by atoms with Crippen LogP contribution in [0.1, 0.15) is 11.1 Å². The van der Waals surface area contributed by atoms with Crippen LogP contribution in [-0.2, 0) is 0 Å². The molecule has 0 amide bonds. The molecule has 3 rings (SSSR count). The third-order valence-electron chi connectivity index (χ3n) is 3.39. The summed E-state index contributed by atoms with van der Waals surface area (Å²) in [5.74, 6) is 0. The van der Waals surface area contributed by atoms with Crippen molar-refractivity contribution in [2.24, 2.45) is 0 Å². The summed E-state index contributed by atoms with van der Waals surface area (Å²) < 4.78 is 0. The monoisotopic (exact) mass is 269 g/mol. The number of nitrogens with one attached hydrogen (secondary N) is 1. The third-order valence-corrected chi connectivity index (χ3v) is 3.39. The Labute approximate surface area is 122 Å². The summed E-state index contributed by atoms with van der Waals surface area (Å²) in [7, 11) is 0. The van der Waals surface area contributed by atoms with Gasteiger partial charge in [-0.05, 0) is 11.6 Å². The lowest BCUT2D eigenvalue weighted by atomic mass is 9.93. The SMILES string of the molecule is N#CC(C#N)=C(c1ccccc1)c1c[nH]c2ccccc12. The zero-order valence-electron chi connectivity index (χ0n) is 11.2. The zero-order chi connectivity index (χ0) is 14.7. The summed E-state index contributed by atoms with van der Waals surface area (Å²) in [5.41, 5.74) is 3.50. The van der Waals surface area contributed by atoms with Gasteiger partial charge in [0.1, 0.15) is 17.7 Å². The van der Waals surface area contributed by atoms with Crippen molar-refractivity contribution in [2.75, 3.05) is 0 Å². The van der Waals surface area contributed by atoms with E-state index >= 15 is 0 Å². The fourth-order valence-electron chi connectivity index (χ4n) is 2.45. The van der Waals surface area contributed by atoms with Crippen LogP contribution in [0.25, 0.3) is 16.5 Å². The number of aromatic nitrogens is 1. The molecule has 0 spiro atoms. The summed E-state index contributed by atoms with van der Waals surface area (Å²) in [6, 6.07) is 21.4. The summed E-state index contributed by atoms with van der Waals surface area (Å²) >= 11 is 0. The van der Waals surface area contributed by atoms with Crippen LogP contribution in [0.15, 0.2) is 66.4 Å². The Bertz CT molecular complexity index is 887. The second-order valence-corrected chi connectivity index (χ2v) is 4.59. The van der Waals surface area contributed by atoms with Gasteiger partial charge in [0.25, 0.3) is 0 Å². The third kappa shape index (κ3) is 2.18. The van der Waals surface area contributed by atoms with Crippen LogP contribution in [-0.4, -0.2) is 4.98 Å². The normalized spacial score (nSPS) is 9.81. The van der Waals surface area contributed by atoms with Crippen molar-refractivity contribution in [3.63, 3.8) is 0 Å². The van der Waals surface area contributed by atoms with Gasteiger partial charge in [0.15, 0.2) is 0 Å². The number of hydrogen-bond acceptors (Lipinski definition) is 2.